The molecule has 0 aliphatic heterocycles. The standard InChI is InChI=1S/C19H16F2N2O5S/c1-23(2)29(25,26)15-6-3-12(4-7-15)19(24)27-11-14-10-18(28-22-14)16-8-5-13(20)9-17(16)21/h3-10H,11H2,1-2H3. The highest BCUT2D eigenvalue weighted by Gasteiger charge is 2.18. The van der Waals surface area contributed by atoms with E-state index in [1.54, 1.807) is 0 Å². The normalized spacial score (nSPS) is 11.6. The molecule has 1 heterocycles. The summed E-state index contributed by atoms with van der Waals surface area (Å²) in [6.45, 7) is -0.247. The Morgan fingerprint density at radius 1 is 1.10 bits per heavy atom. The molecule has 0 aliphatic carbocycles. The van der Waals surface area contributed by atoms with E-state index in [4.69, 9.17) is 9.26 Å². The van der Waals surface area contributed by atoms with Crippen LogP contribution >= 0.6 is 0 Å². The van der Waals surface area contributed by atoms with E-state index in [-0.39, 0.29) is 34.1 Å². The van der Waals surface area contributed by atoms with Gasteiger partial charge in [0.2, 0.25) is 10.0 Å². The second-order valence-corrected chi connectivity index (χ2v) is 8.35. The second kappa shape index (κ2) is 8.10. The largest absolute Gasteiger partial charge is 0.455 e. The van der Waals surface area contributed by atoms with Crippen molar-refractivity contribution in [3.8, 4) is 11.3 Å². The van der Waals surface area contributed by atoms with Crippen LogP contribution in [0.5, 0.6) is 0 Å². The molecule has 0 saturated heterocycles. The second-order valence-electron chi connectivity index (χ2n) is 6.19. The Bertz CT molecular complexity index is 1140. The molecule has 10 heteroatoms. The van der Waals surface area contributed by atoms with Gasteiger partial charge in [0, 0.05) is 26.2 Å². The molecule has 0 spiro atoms. The fourth-order valence-electron chi connectivity index (χ4n) is 2.39. The highest BCUT2D eigenvalue weighted by atomic mass is 32.2. The van der Waals surface area contributed by atoms with E-state index in [0.717, 1.165) is 16.4 Å². The van der Waals surface area contributed by atoms with Crippen LogP contribution in [-0.4, -0.2) is 37.9 Å². The summed E-state index contributed by atoms with van der Waals surface area (Å²) >= 11 is 0. The zero-order chi connectivity index (χ0) is 21.2. The number of halogens is 2. The van der Waals surface area contributed by atoms with Crippen LogP contribution in [-0.2, 0) is 21.4 Å². The summed E-state index contributed by atoms with van der Waals surface area (Å²) in [6.07, 6.45) is 0. The quantitative estimate of drug-likeness (QED) is 0.567. The molecule has 0 radical (unpaired) electrons. The van der Waals surface area contributed by atoms with Crippen molar-refractivity contribution in [2.75, 3.05) is 14.1 Å². The van der Waals surface area contributed by atoms with Gasteiger partial charge in [-0.25, -0.2) is 26.3 Å². The van der Waals surface area contributed by atoms with E-state index >= 15 is 0 Å². The molecule has 1 aromatic heterocycles. The van der Waals surface area contributed by atoms with Crippen LogP contribution in [0.3, 0.4) is 0 Å². The minimum Gasteiger partial charge on any atom is -0.455 e. The average molecular weight is 422 g/mol. The molecule has 0 atom stereocenters. The fourth-order valence-corrected chi connectivity index (χ4v) is 3.29. The Balaban J connectivity index is 1.66. The topological polar surface area (TPSA) is 89.7 Å². The zero-order valence-corrected chi connectivity index (χ0v) is 16.2. The zero-order valence-electron chi connectivity index (χ0n) is 15.4. The summed E-state index contributed by atoms with van der Waals surface area (Å²) in [6, 6.07) is 9.66. The lowest BCUT2D eigenvalue weighted by atomic mass is 10.1. The third-order valence-corrected chi connectivity index (χ3v) is 5.80. The van der Waals surface area contributed by atoms with Crippen molar-refractivity contribution in [1.29, 1.82) is 0 Å². The van der Waals surface area contributed by atoms with Gasteiger partial charge < -0.3 is 9.26 Å². The molecule has 29 heavy (non-hydrogen) atoms. The first kappa shape index (κ1) is 20.6. The van der Waals surface area contributed by atoms with Crippen molar-refractivity contribution in [3.63, 3.8) is 0 Å². The maximum Gasteiger partial charge on any atom is 0.338 e. The minimum atomic E-state index is -3.60. The summed E-state index contributed by atoms with van der Waals surface area (Å²) < 4.78 is 62.0. The Hall–Kier alpha value is -3.11. The SMILES string of the molecule is CN(C)S(=O)(=O)c1ccc(C(=O)OCc2cc(-c3ccc(F)cc3F)on2)cc1. The van der Waals surface area contributed by atoms with Gasteiger partial charge in [-0.3, -0.25) is 0 Å². The average Bonchev–Trinajstić information content (AvgIpc) is 3.14. The van der Waals surface area contributed by atoms with Gasteiger partial charge >= 0.3 is 5.97 Å². The molecule has 2 aromatic carbocycles. The lowest BCUT2D eigenvalue weighted by Gasteiger charge is -2.11. The number of rotatable bonds is 6. The van der Waals surface area contributed by atoms with E-state index in [0.29, 0.717) is 0 Å². The molecule has 7 nitrogen and oxygen atoms in total. The summed E-state index contributed by atoms with van der Waals surface area (Å²) in [5.74, 6) is -2.16. The van der Waals surface area contributed by atoms with Crippen LogP contribution < -0.4 is 0 Å². The number of aromatic nitrogens is 1. The highest BCUT2D eigenvalue weighted by molar-refractivity contribution is 7.89. The Kier molecular flexibility index (Phi) is 5.76. The Labute approximate surface area is 165 Å². The molecule has 0 bridgehead atoms. The predicted octanol–water partition coefficient (Wildman–Crippen LogP) is 3.23. The van der Waals surface area contributed by atoms with Gasteiger partial charge in [-0.15, -0.1) is 0 Å². The first-order chi connectivity index (χ1) is 13.7. The summed E-state index contributed by atoms with van der Waals surface area (Å²) in [7, 11) is -0.791. The highest BCUT2D eigenvalue weighted by Crippen LogP contribution is 2.24. The van der Waals surface area contributed by atoms with Crippen molar-refractivity contribution in [2.45, 2.75) is 11.5 Å². The number of ether oxygens (including phenoxy) is 1. The van der Waals surface area contributed by atoms with E-state index < -0.39 is 27.6 Å². The lowest BCUT2D eigenvalue weighted by Crippen LogP contribution is -2.22. The van der Waals surface area contributed by atoms with Gasteiger partial charge in [0.15, 0.2) is 5.76 Å². The number of benzene rings is 2. The van der Waals surface area contributed by atoms with Gasteiger partial charge in [-0.2, -0.15) is 0 Å². The predicted molar refractivity (Wildman–Crippen MR) is 98.3 cm³/mol. The molecule has 3 rings (SSSR count). The number of carbonyl (C=O) groups excluding carboxylic acids is 1. The molecule has 0 aliphatic rings. The van der Waals surface area contributed by atoms with Gasteiger partial charge in [0.1, 0.15) is 23.9 Å². The van der Waals surface area contributed by atoms with Crippen molar-refractivity contribution in [2.24, 2.45) is 0 Å². The molecule has 0 N–H and O–H groups in total. The molecule has 152 valence electrons. The van der Waals surface area contributed by atoms with Crippen molar-refractivity contribution < 1.29 is 31.3 Å². The molecule has 0 amide bonds. The number of carbonyl (C=O) groups is 1. The first-order valence-electron chi connectivity index (χ1n) is 8.29. The number of sulfonamides is 1. The maximum absolute atomic E-state index is 13.8. The summed E-state index contributed by atoms with van der Waals surface area (Å²) in [5.41, 5.74) is 0.397. The van der Waals surface area contributed by atoms with Crippen LogP contribution in [0.15, 0.2) is 57.9 Å². The monoisotopic (exact) mass is 422 g/mol. The van der Waals surface area contributed by atoms with E-state index in [9.17, 15) is 22.0 Å². The van der Waals surface area contributed by atoms with Crippen LogP contribution in [0.4, 0.5) is 8.78 Å². The number of hydrogen-bond donors (Lipinski definition) is 0. The van der Waals surface area contributed by atoms with Crippen molar-refractivity contribution >= 4 is 16.0 Å². The molecular weight excluding hydrogens is 406 g/mol. The fraction of sp³-hybridized carbons (Fsp3) is 0.158. The van der Waals surface area contributed by atoms with Crippen molar-refractivity contribution in [1.82, 2.24) is 9.46 Å². The number of nitrogens with zero attached hydrogens (tertiary/aromatic N) is 2. The van der Waals surface area contributed by atoms with Gasteiger partial charge in [-0.05, 0) is 36.4 Å². The lowest BCUT2D eigenvalue weighted by molar-refractivity contribution is 0.0464. The van der Waals surface area contributed by atoms with E-state index in [2.05, 4.69) is 5.16 Å². The molecule has 0 fully saturated rings. The number of esters is 1. The van der Waals surface area contributed by atoms with Crippen LogP contribution in [0.2, 0.25) is 0 Å². The van der Waals surface area contributed by atoms with Crippen LogP contribution in [0, 0.1) is 11.6 Å². The minimum absolute atomic E-state index is 0.0224. The van der Waals surface area contributed by atoms with Crippen LogP contribution in [0.1, 0.15) is 16.1 Å². The smallest absolute Gasteiger partial charge is 0.338 e. The Morgan fingerprint density at radius 2 is 1.79 bits per heavy atom. The van der Waals surface area contributed by atoms with Crippen LogP contribution in [0.25, 0.3) is 11.3 Å². The van der Waals surface area contributed by atoms with E-state index in [1.165, 1.54) is 50.5 Å². The summed E-state index contributed by atoms with van der Waals surface area (Å²) in [4.78, 5) is 12.2. The Morgan fingerprint density at radius 3 is 2.41 bits per heavy atom. The molecule has 3 aromatic rings. The third kappa shape index (κ3) is 4.49. The maximum atomic E-state index is 13.8. The third-order valence-electron chi connectivity index (χ3n) is 3.98. The molecule has 0 saturated carbocycles. The van der Waals surface area contributed by atoms with E-state index in [1.807, 2.05) is 0 Å². The van der Waals surface area contributed by atoms with Gasteiger partial charge in [-0.1, -0.05) is 5.16 Å². The first-order valence-corrected chi connectivity index (χ1v) is 9.73. The molecule has 0 unspecified atom stereocenters. The van der Waals surface area contributed by atoms with Gasteiger partial charge in [0.25, 0.3) is 0 Å². The summed E-state index contributed by atoms with van der Waals surface area (Å²) in [5, 5.41) is 3.69. The van der Waals surface area contributed by atoms with Crippen molar-refractivity contribution in [3.05, 3.63) is 71.4 Å². The number of hydrogen-bond acceptors (Lipinski definition) is 6. The van der Waals surface area contributed by atoms with Gasteiger partial charge in [0.05, 0.1) is 16.0 Å². The molecular formula is C19H16F2N2O5S.